The van der Waals surface area contributed by atoms with E-state index < -0.39 is 30.0 Å². The Morgan fingerprint density at radius 1 is 0.796 bits per heavy atom. The predicted octanol–water partition coefficient (Wildman–Crippen LogP) is 4.56. The number of rotatable bonds is 10. The number of anilines is 2. The predicted molar refractivity (Wildman–Crippen MR) is 208 cm³/mol. The molecule has 5 N–H and O–H groups in total. The number of pyridine rings is 2. The van der Waals surface area contributed by atoms with Crippen molar-refractivity contribution >= 4 is 66.3 Å². The van der Waals surface area contributed by atoms with E-state index >= 15 is 0 Å². The Morgan fingerprint density at radius 3 is 1.96 bits per heavy atom. The van der Waals surface area contributed by atoms with Gasteiger partial charge in [0.2, 0.25) is 5.43 Å². The average molecular weight is 725 g/mol. The Labute approximate surface area is 309 Å². The second-order valence-electron chi connectivity index (χ2n) is 14.1. The molecule has 0 fully saturated rings. The van der Waals surface area contributed by atoms with Crippen molar-refractivity contribution in [3.63, 3.8) is 0 Å². The molecule has 0 bridgehead atoms. The van der Waals surface area contributed by atoms with Crippen LogP contribution in [0.25, 0.3) is 49.2 Å². The number of carbonyl (C=O) groups is 1. The number of methoxy groups -OCH3 is 1. The number of aryl methyl sites for hydroxylation is 2. The van der Waals surface area contributed by atoms with Gasteiger partial charge in [-0.15, -0.1) is 0 Å². The van der Waals surface area contributed by atoms with E-state index in [0.29, 0.717) is 66.8 Å². The molecule has 0 radical (unpaired) electrons. The smallest absolute Gasteiger partial charge is 0.230 e. The van der Waals surface area contributed by atoms with Crippen molar-refractivity contribution in [3.05, 3.63) is 121 Å². The van der Waals surface area contributed by atoms with Gasteiger partial charge in [-0.25, -0.2) is 9.13 Å². The molecule has 0 saturated heterocycles. The summed E-state index contributed by atoms with van der Waals surface area (Å²) in [6.45, 7) is 2.92. The lowest BCUT2D eigenvalue weighted by atomic mass is 9.79. The number of Topliss-reactive ketones (excluding diaryl/α,β-unsaturated/α-hetero) is 1. The van der Waals surface area contributed by atoms with Gasteiger partial charge >= 0.3 is 0 Å². The number of nitrogens with zero attached hydrogens (tertiary/aromatic N) is 2. The molecular formula is C43H40N4O7+2. The van der Waals surface area contributed by atoms with Gasteiger partial charge in [0, 0.05) is 57.2 Å². The zero-order valence-corrected chi connectivity index (χ0v) is 30.6. The van der Waals surface area contributed by atoms with Gasteiger partial charge in [-0.1, -0.05) is 23.8 Å². The molecule has 5 aromatic carbocycles. The molecule has 0 spiro atoms. The fourth-order valence-electron chi connectivity index (χ4n) is 8.61. The first-order valence-corrected chi connectivity index (χ1v) is 17.7. The van der Waals surface area contributed by atoms with Crippen molar-refractivity contribution in [2.75, 3.05) is 17.7 Å². The van der Waals surface area contributed by atoms with Crippen molar-refractivity contribution in [1.29, 1.82) is 0 Å². The van der Waals surface area contributed by atoms with Gasteiger partial charge in [0.05, 0.1) is 42.7 Å². The summed E-state index contributed by atoms with van der Waals surface area (Å²) < 4.78 is 9.88. The van der Waals surface area contributed by atoms with E-state index in [2.05, 4.69) is 10.6 Å². The fourth-order valence-corrected chi connectivity index (χ4v) is 8.61. The van der Waals surface area contributed by atoms with E-state index in [0.717, 1.165) is 11.4 Å². The molecule has 1 aliphatic carbocycles. The van der Waals surface area contributed by atoms with E-state index in [9.17, 15) is 29.7 Å². The number of ether oxygens (including phenoxy) is 1. The third-order valence-electron chi connectivity index (χ3n) is 11.0. The number of phenols is 1. The van der Waals surface area contributed by atoms with Gasteiger partial charge in [-0.3, -0.25) is 14.4 Å². The molecule has 1 unspecified atom stereocenters. The summed E-state index contributed by atoms with van der Waals surface area (Å²) in [5, 5.41) is 44.0. The normalized spacial score (nSPS) is 14.0. The number of aliphatic hydroxyl groups excluding tert-OH is 2. The number of fused-ring (bicyclic) bond motifs is 1. The minimum absolute atomic E-state index is 0.00882. The largest absolute Gasteiger partial charge is 0.505 e. The topological polar surface area (TPSA) is 153 Å². The molecular weight excluding hydrogens is 684 g/mol. The summed E-state index contributed by atoms with van der Waals surface area (Å²) in [6.07, 6.45) is 5.67. The maximum Gasteiger partial charge on any atom is 0.230 e. The molecule has 1 atom stereocenters. The van der Waals surface area contributed by atoms with Crippen LogP contribution in [0.2, 0.25) is 0 Å². The van der Waals surface area contributed by atoms with Crippen molar-refractivity contribution in [3.8, 4) is 11.5 Å². The number of hydrogen-bond donors (Lipinski definition) is 5. The highest BCUT2D eigenvalue weighted by atomic mass is 16.5. The number of aromatic nitrogens is 2. The molecule has 0 amide bonds. The van der Waals surface area contributed by atoms with E-state index in [1.807, 2.05) is 78.1 Å². The summed E-state index contributed by atoms with van der Waals surface area (Å²) in [7, 11) is 5.24. The summed E-state index contributed by atoms with van der Waals surface area (Å²) in [5.74, 6) is -1.44. The standard InChI is InChI=1S/C43H38N4O7/c1-21-14-27-33-36-32(24(20-49)16-29(51)35(36)41(52)40(27)45-18-26-11-7-9-13-47(26)4)31-23(19-48)15-28(44-17-25-10-6-8-12-46(25)3)34-37(31)38(33)39(30(21)22(2)50)43(54-5)42(34)53/h6-16,30,48-49H,17-20H2,1-5H3,(H-2,44,45,51,52,53)/p+2. The van der Waals surface area contributed by atoms with Crippen LogP contribution in [-0.4, -0.2) is 28.2 Å². The van der Waals surface area contributed by atoms with E-state index in [-0.39, 0.29) is 45.9 Å². The second-order valence-corrected chi connectivity index (χ2v) is 14.1. The van der Waals surface area contributed by atoms with Crippen LogP contribution in [0.1, 0.15) is 53.4 Å². The lowest BCUT2D eigenvalue weighted by Crippen LogP contribution is -2.33. The molecule has 0 saturated carbocycles. The van der Waals surface area contributed by atoms with Gasteiger partial charge in [-0.2, -0.15) is 0 Å². The van der Waals surface area contributed by atoms with Crippen molar-refractivity contribution < 1.29 is 34.0 Å². The highest BCUT2D eigenvalue weighted by Crippen LogP contribution is 2.55. The first kappa shape index (κ1) is 34.9. The number of allylic oxidation sites excluding steroid dienone is 1. The molecule has 54 heavy (non-hydrogen) atoms. The fraction of sp³-hybridized carbons (Fsp3) is 0.233. The maximum absolute atomic E-state index is 14.9. The zero-order chi connectivity index (χ0) is 38.2. The van der Waals surface area contributed by atoms with Crippen molar-refractivity contribution in [1.82, 2.24) is 0 Å². The van der Waals surface area contributed by atoms with Gasteiger partial charge in [-0.05, 0) is 53.3 Å². The van der Waals surface area contributed by atoms with Crippen molar-refractivity contribution in [2.45, 2.75) is 46.1 Å². The number of phenolic OH excluding ortho intramolecular Hbond substituents is 1. The van der Waals surface area contributed by atoms with Crippen LogP contribution in [0, 0.1) is 0 Å². The highest BCUT2D eigenvalue weighted by molar-refractivity contribution is 6.39. The Kier molecular flexibility index (Phi) is 8.43. The molecule has 11 heteroatoms. The first-order chi connectivity index (χ1) is 26.0. The maximum atomic E-state index is 14.9. The number of ketones is 1. The molecule has 272 valence electrons. The minimum atomic E-state index is -0.920. The SMILES string of the molecule is COc1c2c3c4c(c(NCc5cccc[n+]5C)c(O)c5c(=O)cc(CO)c(c6c(CO)cc(NCc7cccc[n+]7C)c(c1=O)c63)c54)C=C(C)C2C(C)=O. The Balaban J connectivity index is 1.63. The number of hydrogen-bond acceptors (Lipinski definition) is 9. The lowest BCUT2D eigenvalue weighted by Gasteiger charge is -2.26. The molecule has 2 heterocycles. The van der Waals surface area contributed by atoms with Crippen LogP contribution < -0.4 is 35.4 Å². The van der Waals surface area contributed by atoms with Crippen LogP contribution in [0.4, 0.5) is 11.4 Å². The lowest BCUT2D eigenvalue weighted by molar-refractivity contribution is -0.679. The van der Waals surface area contributed by atoms with Crippen LogP contribution in [0.5, 0.6) is 11.5 Å². The Morgan fingerprint density at radius 2 is 1.39 bits per heavy atom. The van der Waals surface area contributed by atoms with E-state index in [1.165, 1.54) is 20.1 Å². The quantitative estimate of drug-likeness (QED) is 0.0592. The molecule has 8 rings (SSSR count). The van der Waals surface area contributed by atoms with Crippen LogP contribution in [-0.2, 0) is 45.2 Å². The summed E-state index contributed by atoms with van der Waals surface area (Å²) in [4.78, 5) is 42.9. The average Bonchev–Trinajstić information content (AvgIpc) is 3.28. The Hall–Kier alpha value is -6.17. The third kappa shape index (κ3) is 4.99. The Bertz CT molecular complexity index is 2870. The zero-order valence-electron chi connectivity index (χ0n) is 30.6. The number of nitrogens with one attached hydrogen (secondary N) is 2. The monoisotopic (exact) mass is 724 g/mol. The number of aliphatic hydroxyl groups is 2. The van der Waals surface area contributed by atoms with Crippen molar-refractivity contribution in [2.24, 2.45) is 14.1 Å². The van der Waals surface area contributed by atoms with Gasteiger partial charge in [0.15, 0.2) is 40.7 Å². The third-order valence-corrected chi connectivity index (χ3v) is 11.0. The van der Waals surface area contributed by atoms with Crippen LogP contribution >= 0.6 is 0 Å². The highest BCUT2D eigenvalue weighted by Gasteiger charge is 2.37. The number of benzene rings is 5. The molecule has 2 aromatic heterocycles. The van der Waals surface area contributed by atoms with Gasteiger partial charge in [0.1, 0.15) is 33.0 Å². The number of carbonyl (C=O) groups excluding carboxylic acids is 1. The first-order valence-electron chi connectivity index (χ1n) is 17.7. The van der Waals surface area contributed by atoms with Gasteiger partial charge < -0.3 is 30.7 Å². The van der Waals surface area contributed by atoms with Crippen LogP contribution in [0.3, 0.4) is 0 Å². The number of aromatic hydroxyl groups is 1. The van der Waals surface area contributed by atoms with E-state index in [4.69, 9.17) is 4.74 Å². The van der Waals surface area contributed by atoms with Gasteiger partial charge in [0.25, 0.3) is 0 Å². The molecule has 7 aromatic rings. The van der Waals surface area contributed by atoms with E-state index in [1.54, 1.807) is 13.0 Å². The molecule has 0 aliphatic heterocycles. The summed E-state index contributed by atoms with van der Waals surface area (Å²) in [6, 6.07) is 14.6. The summed E-state index contributed by atoms with van der Waals surface area (Å²) >= 11 is 0. The minimum Gasteiger partial charge on any atom is -0.505 e. The summed E-state index contributed by atoms with van der Waals surface area (Å²) in [5.41, 5.74) is 3.79. The molecule has 11 nitrogen and oxygen atoms in total. The molecule has 1 aliphatic rings. The van der Waals surface area contributed by atoms with Crippen LogP contribution in [0.15, 0.2) is 76.1 Å². The second kappa shape index (κ2) is 13.0.